The van der Waals surface area contributed by atoms with E-state index in [0.29, 0.717) is 51.6 Å². The summed E-state index contributed by atoms with van der Waals surface area (Å²) in [5.41, 5.74) is 0.454. The number of carbonyl (C=O) groups is 2. The van der Waals surface area contributed by atoms with Gasteiger partial charge in [0.1, 0.15) is 5.56 Å². The number of piperidine rings is 1. The van der Waals surface area contributed by atoms with Crippen LogP contribution in [0.2, 0.25) is 0 Å². The van der Waals surface area contributed by atoms with Gasteiger partial charge in [0.15, 0.2) is 0 Å². The van der Waals surface area contributed by atoms with E-state index in [-0.39, 0.29) is 22.9 Å². The van der Waals surface area contributed by atoms with E-state index < -0.39 is 5.41 Å². The molecule has 1 N–H and O–H groups in total. The lowest BCUT2D eigenvalue weighted by Gasteiger charge is -2.37. The van der Waals surface area contributed by atoms with E-state index in [1.54, 1.807) is 30.3 Å². The molecule has 0 unspecified atom stereocenters. The van der Waals surface area contributed by atoms with Crippen LogP contribution >= 0.6 is 0 Å². The van der Waals surface area contributed by atoms with Crippen molar-refractivity contribution < 1.29 is 14.3 Å². The highest BCUT2D eigenvalue weighted by molar-refractivity contribution is 5.94. The molecule has 1 aromatic carbocycles. The number of hydrogen-bond donors (Lipinski definition) is 1. The number of ether oxygens (including phenoxy) is 1. The SMILES string of the molecule is Cn1cccc(C(=O)N2CCC(CNC(=O)C3(c4ccccc4)CCOCC3)CC2)c1=O. The molecule has 2 aliphatic heterocycles. The van der Waals surface area contributed by atoms with Gasteiger partial charge in [0, 0.05) is 46.1 Å². The van der Waals surface area contributed by atoms with Crippen molar-refractivity contribution >= 4 is 11.8 Å². The van der Waals surface area contributed by atoms with E-state index >= 15 is 0 Å². The maximum atomic E-state index is 13.3. The van der Waals surface area contributed by atoms with Crippen molar-refractivity contribution in [3.63, 3.8) is 0 Å². The molecule has 0 radical (unpaired) electrons. The second kappa shape index (κ2) is 9.69. The Kier molecular flexibility index (Phi) is 6.74. The predicted octanol–water partition coefficient (Wildman–Crippen LogP) is 2.10. The van der Waals surface area contributed by atoms with Crippen molar-refractivity contribution in [2.45, 2.75) is 31.1 Å². The number of amides is 2. The summed E-state index contributed by atoms with van der Waals surface area (Å²) in [6.07, 6.45) is 4.62. The van der Waals surface area contributed by atoms with Gasteiger partial charge >= 0.3 is 0 Å². The Bertz CT molecular complexity index is 1000. The molecule has 4 rings (SSSR count). The summed E-state index contributed by atoms with van der Waals surface area (Å²) >= 11 is 0. The van der Waals surface area contributed by atoms with Crippen LogP contribution in [-0.2, 0) is 22.0 Å². The van der Waals surface area contributed by atoms with Crippen LogP contribution in [-0.4, -0.2) is 54.1 Å². The Labute approximate surface area is 188 Å². The van der Waals surface area contributed by atoms with Crippen LogP contribution in [0.1, 0.15) is 41.6 Å². The van der Waals surface area contributed by atoms with Gasteiger partial charge in [-0.1, -0.05) is 30.3 Å². The summed E-state index contributed by atoms with van der Waals surface area (Å²) in [4.78, 5) is 40.1. The van der Waals surface area contributed by atoms with Crippen LogP contribution in [0.25, 0.3) is 0 Å². The summed E-state index contributed by atoms with van der Waals surface area (Å²) in [6, 6.07) is 13.3. The molecule has 1 aromatic heterocycles. The van der Waals surface area contributed by atoms with Crippen LogP contribution in [0.15, 0.2) is 53.5 Å². The van der Waals surface area contributed by atoms with Crippen molar-refractivity contribution in [2.24, 2.45) is 13.0 Å². The summed E-state index contributed by atoms with van der Waals surface area (Å²) in [7, 11) is 1.65. The fourth-order valence-corrected chi connectivity index (χ4v) is 4.80. The molecule has 170 valence electrons. The van der Waals surface area contributed by atoms with Crippen LogP contribution < -0.4 is 10.9 Å². The number of aryl methyl sites for hydroxylation is 1. The first-order valence-corrected chi connectivity index (χ1v) is 11.4. The van der Waals surface area contributed by atoms with E-state index in [9.17, 15) is 14.4 Å². The van der Waals surface area contributed by atoms with E-state index in [0.717, 1.165) is 18.4 Å². The number of carbonyl (C=O) groups excluding carboxylic acids is 2. The fourth-order valence-electron chi connectivity index (χ4n) is 4.80. The zero-order valence-electron chi connectivity index (χ0n) is 18.6. The smallest absolute Gasteiger partial charge is 0.263 e. The van der Waals surface area contributed by atoms with Crippen LogP contribution in [0.5, 0.6) is 0 Å². The Hall–Kier alpha value is -2.93. The molecule has 2 aromatic rings. The Morgan fingerprint density at radius 2 is 1.75 bits per heavy atom. The monoisotopic (exact) mass is 437 g/mol. The van der Waals surface area contributed by atoms with Crippen molar-refractivity contribution in [1.29, 1.82) is 0 Å². The molecule has 2 saturated heterocycles. The molecule has 7 nitrogen and oxygen atoms in total. The lowest BCUT2D eigenvalue weighted by Crippen LogP contribution is -2.50. The van der Waals surface area contributed by atoms with E-state index in [4.69, 9.17) is 4.74 Å². The summed E-state index contributed by atoms with van der Waals surface area (Å²) in [5, 5.41) is 3.20. The number of pyridine rings is 1. The van der Waals surface area contributed by atoms with Gasteiger partial charge in [-0.2, -0.15) is 0 Å². The van der Waals surface area contributed by atoms with Gasteiger partial charge in [0.2, 0.25) is 5.91 Å². The highest BCUT2D eigenvalue weighted by Crippen LogP contribution is 2.35. The summed E-state index contributed by atoms with van der Waals surface area (Å²) in [5.74, 6) is 0.173. The van der Waals surface area contributed by atoms with E-state index in [2.05, 4.69) is 5.32 Å². The number of hydrogen-bond acceptors (Lipinski definition) is 4. The maximum absolute atomic E-state index is 13.3. The van der Waals surface area contributed by atoms with Gasteiger partial charge < -0.3 is 19.5 Å². The first-order valence-electron chi connectivity index (χ1n) is 11.4. The fraction of sp³-hybridized carbons (Fsp3) is 0.480. The normalized spacial score (nSPS) is 18.8. The average molecular weight is 438 g/mol. The third-order valence-electron chi connectivity index (χ3n) is 6.91. The number of likely N-dealkylation sites (tertiary alicyclic amines) is 1. The lowest BCUT2D eigenvalue weighted by atomic mass is 9.73. The number of nitrogens with one attached hydrogen (secondary N) is 1. The highest BCUT2D eigenvalue weighted by atomic mass is 16.5. The zero-order chi connectivity index (χ0) is 22.6. The second-order valence-electron chi connectivity index (χ2n) is 8.84. The maximum Gasteiger partial charge on any atom is 0.263 e. The van der Waals surface area contributed by atoms with Crippen molar-refractivity contribution in [2.75, 3.05) is 32.8 Å². The Morgan fingerprint density at radius 3 is 2.44 bits per heavy atom. The predicted molar refractivity (Wildman–Crippen MR) is 121 cm³/mol. The minimum absolute atomic E-state index is 0.0679. The van der Waals surface area contributed by atoms with Gasteiger partial charge in [-0.15, -0.1) is 0 Å². The minimum Gasteiger partial charge on any atom is -0.381 e. The second-order valence-corrected chi connectivity index (χ2v) is 8.84. The van der Waals surface area contributed by atoms with Crippen molar-refractivity contribution in [1.82, 2.24) is 14.8 Å². The average Bonchev–Trinajstić information content (AvgIpc) is 2.85. The molecule has 0 aliphatic carbocycles. The third-order valence-corrected chi connectivity index (χ3v) is 6.91. The van der Waals surface area contributed by atoms with Gasteiger partial charge in [-0.25, -0.2) is 0 Å². The topological polar surface area (TPSA) is 80.6 Å². The molecule has 2 amide bonds. The quantitative estimate of drug-likeness (QED) is 0.777. The molecule has 3 heterocycles. The first kappa shape index (κ1) is 22.3. The molecule has 2 fully saturated rings. The number of rotatable bonds is 5. The first-order chi connectivity index (χ1) is 15.5. The number of aromatic nitrogens is 1. The zero-order valence-corrected chi connectivity index (χ0v) is 18.6. The highest BCUT2D eigenvalue weighted by Gasteiger charge is 2.41. The number of nitrogens with zero attached hydrogens (tertiary/aromatic N) is 2. The molecule has 32 heavy (non-hydrogen) atoms. The molecular formula is C25H31N3O4. The standard InChI is InChI=1S/C25H31N3O4/c1-27-13-5-8-21(22(27)29)23(30)28-14-9-19(10-15-28)18-26-24(31)25(11-16-32-17-12-25)20-6-3-2-4-7-20/h2-8,13,19H,9-12,14-18H2,1H3,(H,26,31). The Balaban J connectivity index is 1.34. The molecule has 2 aliphatic rings. The van der Waals surface area contributed by atoms with Crippen molar-refractivity contribution in [3.8, 4) is 0 Å². The molecule has 0 spiro atoms. The minimum atomic E-state index is -0.538. The lowest BCUT2D eigenvalue weighted by molar-refractivity contribution is -0.130. The Morgan fingerprint density at radius 1 is 1.06 bits per heavy atom. The molecular weight excluding hydrogens is 406 g/mol. The summed E-state index contributed by atoms with van der Waals surface area (Å²) < 4.78 is 6.96. The van der Waals surface area contributed by atoms with Crippen LogP contribution in [0, 0.1) is 5.92 Å². The summed E-state index contributed by atoms with van der Waals surface area (Å²) in [6.45, 7) is 2.96. The van der Waals surface area contributed by atoms with Gasteiger partial charge in [-0.3, -0.25) is 14.4 Å². The van der Waals surface area contributed by atoms with Gasteiger partial charge in [-0.05, 0) is 49.3 Å². The van der Waals surface area contributed by atoms with Gasteiger partial charge in [0.05, 0.1) is 5.41 Å². The molecule has 7 heteroatoms. The van der Waals surface area contributed by atoms with Crippen LogP contribution in [0.3, 0.4) is 0 Å². The van der Waals surface area contributed by atoms with E-state index in [1.807, 2.05) is 30.3 Å². The number of benzene rings is 1. The molecule has 0 atom stereocenters. The van der Waals surface area contributed by atoms with Gasteiger partial charge in [0.25, 0.3) is 11.5 Å². The molecule has 0 saturated carbocycles. The largest absolute Gasteiger partial charge is 0.381 e. The van der Waals surface area contributed by atoms with Crippen molar-refractivity contribution in [3.05, 3.63) is 70.1 Å². The van der Waals surface area contributed by atoms with Crippen LogP contribution in [0.4, 0.5) is 0 Å². The van der Waals surface area contributed by atoms with E-state index in [1.165, 1.54) is 4.57 Å². The third kappa shape index (κ3) is 4.48. The molecule has 0 bridgehead atoms.